The standard InChI is InChI=1S/C11H22N2OS/c1-3-9(8-10(12)15)13-6-4-11(2,14)5-7-13/h9,14H,3-8H2,1-2H3,(H2,12,15). The van der Waals surface area contributed by atoms with Crippen LogP contribution in [0.1, 0.15) is 39.5 Å². The molecular formula is C11H22N2OS. The van der Waals surface area contributed by atoms with E-state index >= 15 is 0 Å². The first-order valence-corrected chi connectivity index (χ1v) is 6.10. The molecule has 1 unspecified atom stereocenters. The molecule has 1 fully saturated rings. The molecular weight excluding hydrogens is 208 g/mol. The number of nitrogens with zero attached hydrogens (tertiary/aromatic N) is 1. The van der Waals surface area contributed by atoms with Gasteiger partial charge in [0, 0.05) is 25.6 Å². The molecule has 3 N–H and O–H groups in total. The molecule has 0 bridgehead atoms. The number of hydrogen-bond acceptors (Lipinski definition) is 3. The minimum Gasteiger partial charge on any atom is -0.393 e. The molecule has 1 heterocycles. The molecule has 3 nitrogen and oxygen atoms in total. The van der Waals surface area contributed by atoms with Gasteiger partial charge in [-0.2, -0.15) is 0 Å². The Hall–Kier alpha value is -0.190. The summed E-state index contributed by atoms with van der Waals surface area (Å²) in [5, 5.41) is 9.85. The van der Waals surface area contributed by atoms with Gasteiger partial charge in [-0.3, -0.25) is 4.90 Å². The second-order valence-electron chi connectivity index (χ2n) is 4.77. The molecule has 0 amide bonds. The highest BCUT2D eigenvalue weighted by Gasteiger charge is 2.30. The number of likely N-dealkylation sites (tertiary alicyclic amines) is 1. The monoisotopic (exact) mass is 230 g/mol. The van der Waals surface area contributed by atoms with Crippen LogP contribution in [0, 0.1) is 0 Å². The number of thiocarbonyl (C=S) groups is 1. The Labute approximate surface area is 97.6 Å². The van der Waals surface area contributed by atoms with Crippen molar-refractivity contribution in [1.29, 1.82) is 0 Å². The van der Waals surface area contributed by atoms with Crippen LogP contribution in [0.5, 0.6) is 0 Å². The largest absolute Gasteiger partial charge is 0.393 e. The van der Waals surface area contributed by atoms with Crippen LogP contribution in [-0.2, 0) is 0 Å². The van der Waals surface area contributed by atoms with Gasteiger partial charge in [0.25, 0.3) is 0 Å². The van der Waals surface area contributed by atoms with E-state index in [1.54, 1.807) is 0 Å². The van der Waals surface area contributed by atoms with E-state index in [1.165, 1.54) is 0 Å². The molecule has 1 aliphatic heterocycles. The molecule has 1 rings (SSSR count). The fourth-order valence-electron chi connectivity index (χ4n) is 2.13. The maximum absolute atomic E-state index is 9.85. The van der Waals surface area contributed by atoms with Gasteiger partial charge in [-0.15, -0.1) is 0 Å². The summed E-state index contributed by atoms with van der Waals surface area (Å²) < 4.78 is 0. The summed E-state index contributed by atoms with van der Waals surface area (Å²) in [7, 11) is 0. The third-order valence-corrected chi connectivity index (χ3v) is 3.47. The predicted octanol–water partition coefficient (Wildman–Crippen LogP) is 1.29. The Morgan fingerprint density at radius 3 is 2.47 bits per heavy atom. The topological polar surface area (TPSA) is 49.5 Å². The molecule has 88 valence electrons. The highest BCUT2D eigenvalue weighted by molar-refractivity contribution is 7.80. The average Bonchev–Trinajstić information content (AvgIpc) is 2.14. The van der Waals surface area contributed by atoms with E-state index in [-0.39, 0.29) is 0 Å². The Balaban J connectivity index is 2.46. The van der Waals surface area contributed by atoms with Crippen LogP contribution < -0.4 is 5.73 Å². The normalized spacial score (nSPS) is 23.7. The second-order valence-corrected chi connectivity index (χ2v) is 5.29. The molecule has 1 aliphatic rings. The van der Waals surface area contributed by atoms with Gasteiger partial charge < -0.3 is 10.8 Å². The van der Waals surface area contributed by atoms with Crippen molar-refractivity contribution in [2.75, 3.05) is 13.1 Å². The van der Waals surface area contributed by atoms with Gasteiger partial charge in [0.15, 0.2) is 0 Å². The lowest BCUT2D eigenvalue weighted by Crippen LogP contribution is -2.47. The molecule has 15 heavy (non-hydrogen) atoms. The Morgan fingerprint density at radius 1 is 1.53 bits per heavy atom. The van der Waals surface area contributed by atoms with Gasteiger partial charge in [-0.1, -0.05) is 19.1 Å². The van der Waals surface area contributed by atoms with Crippen LogP contribution in [0.15, 0.2) is 0 Å². The van der Waals surface area contributed by atoms with Crippen LogP contribution >= 0.6 is 12.2 Å². The minimum absolute atomic E-state index is 0.457. The number of piperidine rings is 1. The summed E-state index contributed by atoms with van der Waals surface area (Å²) in [5.74, 6) is 0. The second kappa shape index (κ2) is 5.23. The van der Waals surface area contributed by atoms with Crippen molar-refractivity contribution in [3.8, 4) is 0 Å². The first kappa shape index (κ1) is 12.9. The zero-order valence-corrected chi connectivity index (χ0v) is 10.5. The Morgan fingerprint density at radius 2 is 2.07 bits per heavy atom. The zero-order chi connectivity index (χ0) is 11.5. The first-order valence-electron chi connectivity index (χ1n) is 5.69. The van der Waals surface area contributed by atoms with Crippen molar-refractivity contribution in [2.45, 2.75) is 51.2 Å². The van der Waals surface area contributed by atoms with E-state index in [0.29, 0.717) is 11.0 Å². The molecule has 1 saturated heterocycles. The Bertz CT molecular complexity index is 221. The first-order chi connectivity index (χ1) is 6.94. The van der Waals surface area contributed by atoms with Crippen LogP contribution in [0.3, 0.4) is 0 Å². The lowest BCUT2D eigenvalue weighted by Gasteiger charge is -2.39. The summed E-state index contributed by atoms with van der Waals surface area (Å²) in [4.78, 5) is 3.00. The molecule has 0 aromatic heterocycles. The Kier molecular flexibility index (Phi) is 4.49. The molecule has 0 radical (unpaired) electrons. The molecule has 0 aromatic rings. The highest BCUT2D eigenvalue weighted by Crippen LogP contribution is 2.24. The van der Waals surface area contributed by atoms with Gasteiger partial charge in [-0.25, -0.2) is 0 Å². The van der Waals surface area contributed by atoms with E-state index in [9.17, 15) is 5.11 Å². The van der Waals surface area contributed by atoms with E-state index < -0.39 is 5.60 Å². The third-order valence-electron chi connectivity index (χ3n) is 3.30. The van der Waals surface area contributed by atoms with Crippen molar-refractivity contribution >= 4 is 17.2 Å². The zero-order valence-electron chi connectivity index (χ0n) is 9.70. The lowest BCUT2D eigenvalue weighted by atomic mass is 9.92. The minimum atomic E-state index is -0.474. The van der Waals surface area contributed by atoms with Crippen LogP contribution in [-0.4, -0.2) is 39.7 Å². The summed E-state index contributed by atoms with van der Waals surface area (Å²) in [6, 6.07) is 0.457. The molecule has 0 aromatic carbocycles. The molecule has 0 spiro atoms. The predicted molar refractivity (Wildman–Crippen MR) is 66.9 cm³/mol. The quantitative estimate of drug-likeness (QED) is 0.715. The van der Waals surface area contributed by atoms with Crippen LogP contribution in [0.25, 0.3) is 0 Å². The summed E-state index contributed by atoms with van der Waals surface area (Å²) in [6.45, 7) is 5.98. The van der Waals surface area contributed by atoms with Crippen molar-refractivity contribution in [3.63, 3.8) is 0 Å². The number of nitrogens with two attached hydrogens (primary N) is 1. The SMILES string of the molecule is CCC(CC(N)=S)N1CCC(C)(O)CC1. The smallest absolute Gasteiger partial charge is 0.0743 e. The molecule has 1 atom stereocenters. The lowest BCUT2D eigenvalue weighted by molar-refractivity contribution is -0.0161. The summed E-state index contributed by atoms with van der Waals surface area (Å²) >= 11 is 4.95. The highest BCUT2D eigenvalue weighted by atomic mass is 32.1. The number of hydrogen-bond donors (Lipinski definition) is 2. The van der Waals surface area contributed by atoms with E-state index in [2.05, 4.69) is 11.8 Å². The molecule has 0 aliphatic carbocycles. The van der Waals surface area contributed by atoms with Crippen molar-refractivity contribution in [2.24, 2.45) is 5.73 Å². The van der Waals surface area contributed by atoms with E-state index in [4.69, 9.17) is 18.0 Å². The van der Waals surface area contributed by atoms with Crippen LogP contribution in [0.4, 0.5) is 0 Å². The average molecular weight is 230 g/mol. The maximum Gasteiger partial charge on any atom is 0.0743 e. The summed E-state index contributed by atoms with van der Waals surface area (Å²) in [5.41, 5.74) is 5.11. The molecule has 0 saturated carbocycles. The fourth-order valence-corrected chi connectivity index (χ4v) is 2.33. The van der Waals surface area contributed by atoms with Crippen LogP contribution in [0.2, 0.25) is 0 Å². The van der Waals surface area contributed by atoms with Gasteiger partial charge >= 0.3 is 0 Å². The van der Waals surface area contributed by atoms with Gasteiger partial charge in [0.2, 0.25) is 0 Å². The van der Waals surface area contributed by atoms with Crippen molar-refractivity contribution in [1.82, 2.24) is 4.90 Å². The third kappa shape index (κ3) is 4.05. The van der Waals surface area contributed by atoms with Crippen molar-refractivity contribution < 1.29 is 5.11 Å². The van der Waals surface area contributed by atoms with Gasteiger partial charge in [-0.05, 0) is 26.2 Å². The van der Waals surface area contributed by atoms with E-state index in [0.717, 1.165) is 38.8 Å². The molecule has 4 heteroatoms. The van der Waals surface area contributed by atoms with Crippen molar-refractivity contribution in [3.05, 3.63) is 0 Å². The van der Waals surface area contributed by atoms with Gasteiger partial charge in [0.1, 0.15) is 0 Å². The van der Waals surface area contributed by atoms with E-state index in [1.807, 2.05) is 6.92 Å². The number of rotatable bonds is 4. The maximum atomic E-state index is 9.85. The van der Waals surface area contributed by atoms with Gasteiger partial charge in [0.05, 0.1) is 10.6 Å². The fraction of sp³-hybridized carbons (Fsp3) is 0.909. The number of aliphatic hydroxyl groups is 1. The summed E-state index contributed by atoms with van der Waals surface area (Å²) in [6.07, 6.45) is 3.56.